The molecule has 4 nitrogen and oxygen atoms in total. The zero-order chi connectivity index (χ0) is 13.6. The Hall–Kier alpha value is -1.65. The van der Waals surface area contributed by atoms with E-state index < -0.39 is 0 Å². The van der Waals surface area contributed by atoms with Gasteiger partial charge in [-0.3, -0.25) is 4.40 Å². The molecule has 0 atom stereocenters. The number of aromatic nitrogens is 4. The van der Waals surface area contributed by atoms with Crippen molar-refractivity contribution in [3.63, 3.8) is 0 Å². The van der Waals surface area contributed by atoms with Crippen molar-refractivity contribution in [1.82, 2.24) is 19.6 Å². The smallest absolute Gasteiger partial charge is 0.169 e. The number of hydrogen-bond acceptors (Lipinski definition) is 3. The predicted octanol–water partition coefficient (Wildman–Crippen LogP) is 3.71. The molecule has 0 unspecified atom stereocenters. The maximum atomic E-state index is 6.09. The predicted molar refractivity (Wildman–Crippen MR) is 75.7 cm³/mol. The number of halogens is 2. The number of hydrogen-bond donors (Lipinski definition) is 0. The molecular formula is C13H10Cl2N4. The molecule has 3 aromatic rings. The molecule has 0 aliphatic rings. The summed E-state index contributed by atoms with van der Waals surface area (Å²) in [5.74, 6) is 1.45. The lowest BCUT2D eigenvalue weighted by atomic mass is 10.1. The molecule has 2 aromatic heterocycles. The van der Waals surface area contributed by atoms with E-state index in [2.05, 4.69) is 15.2 Å². The fourth-order valence-corrected chi connectivity index (χ4v) is 2.61. The largest absolute Gasteiger partial charge is 0.263 e. The summed E-state index contributed by atoms with van der Waals surface area (Å²) in [6.45, 7) is 3.85. The molecule has 0 radical (unpaired) electrons. The second-order valence-corrected chi connectivity index (χ2v) is 5.18. The fourth-order valence-electron chi connectivity index (χ4n) is 2.10. The van der Waals surface area contributed by atoms with Gasteiger partial charge in [0.25, 0.3) is 0 Å². The van der Waals surface area contributed by atoms with Gasteiger partial charge in [-0.25, -0.2) is 4.98 Å². The number of fused-ring (bicyclic) bond motifs is 1. The van der Waals surface area contributed by atoms with E-state index in [9.17, 15) is 0 Å². The third-order valence-corrected chi connectivity index (χ3v) is 3.24. The van der Waals surface area contributed by atoms with E-state index in [4.69, 9.17) is 23.2 Å². The van der Waals surface area contributed by atoms with Gasteiger partial charge < -0.3 is 0 Å². The SMILES string of the molecule is Cc1cc(Cl)cc(-c2nnc3cc(Cl)nc(C)n23)c1. The molecule has 0 spiro atoms. The number of rotatable bonds is 1. The number of benzene rings is 1. The molecule has 2 heterocycles. The highest BCUT2D eigenvalue weighted by Gasteiger charge is 2.12. The van der Waals surface area contributed by atoms with Crippen molar-refractivity contribution in [1.29, 1.82) is 0 Å². The van der Waals surface area contributed by atoms with E-state index in [-0.39, 0.29) is 0 Å². The second-order valence-electron chi connectivity index (χ2n) is 4.36. The Kier molecular flexibility index (Phi) is 2.92. The Bertz CT molecular complexity index is 759. The van der Waals surface area contributed by atoms with Crippen molar-refractivity contribution in [2.45, 2.75) is 13.8 Å². The highest BCUT2D eigenvalue weighted by Crippen LogP contribution is 2.25. The van der Waals surface area contributed by atoms with Gasteiger partial charge in [0.05, 0.1) is 0 Å². The van der Waals surface area contributed by atoms with Crippen LogP contribution in [0.1, 0.15) is 11.4 Å². The minimum Gasteiger partial charge on any atom is -0.263 e. The Morgan fingerprint density at radius 1 is 1.00 bits per heavy atom. The van der Waals surface area contributed by atoms with Crippen LogP contribution in [0.5, 0.6) is 0 Å². The first kappa shape index (κ1) is 12.4. The maximum absolute atomic E-state index is 6.09. The highest BCUT2D eigenvalue weighted by molar-refractivity contribution is 6.31. The van der Waals surface area contributed by atoms with E-state index in [1.807, 2.05) is 36.4 Å². The van der Waals surface area contributed by atoms with Crippen molar-refractivity contribution >= 4 is 28.8 Å². The number of aryl methyl sites for hydroxylation is 2. The molecule has 0 amide bonds. The van der Waals surface area contributed by atoms with Crippen LogP contribution in [-0.2, 0) is 0 Å². The van der Waals surface area contributed by atoms with Gasteiger partial charge in [0.15, 0.2) is 11.5 Å². The average molecular weight is 293 g/mol. The van der Waals surface area contributed by atoms with Crippen LogP contribution in [0.15, 0.2) is 24.3 Å². The molecule has 0 fully saturated rings. The van der Waals surface area contributed by atoms with E-state index in [0.717, 1.165) is 17.0 Å². The molecule has 0 saturated heterocycles. The van der Waals surface area contributed by atoms with Crippen molar-refractivity contribution in [2.75, 3.05) is 0 Å². The van der Waals surface area contributed by atoms with Gasteiger partial charge >= 0.3 is 0 Å². The van der Waals surface area contributed by atoms with E-state index in [1.54, 1.807) is 6.07 Å². The summed E-state index contributed by atoms with van der Waals surface area (Å²) in [5.41, 5.74) is 2.65. The Morgan fingerprint density at radius 2 is 1.79 bits per heavy atom. The van der Waals surface area contributed by atoms with Crippen LogP contribution in [0.4, 0.5) is 0 Å². The first-order valence-electron chi connectivity index (χ1n) is 5.70. The van der Waals surface area contributed by atoms with Crippen LogP contribution < -0.4 is 0 Å². The summed E-state index contributed by atoms with van der Waals surface area (Å²) in [6, 6.07) is 7.45. The van der Waals surface area contributed by atoms with Crippen LogP contribution in [0, 0.1) is 13.8 Å². The van der Waals surface area contributed by atoms with Crippen molar-refractivity contribution in [3.8, 4) is 11.4 Å². The maximum Gasteiger partial charge on any atom is 0.169 e. The van der Waals surface area contributed by atoms with Crippen LogP contribution >= 0.6 is 23.2 Å². The second kappa shape index (κ2) is 4.47. The summed E-state index contributed by atoms with van der Waals surface area (Å²) < 4.78 is 1.86. The first-order valence-corrected chi connectivity index (χ1v) is 6.46. The molecule has 0 bridgehead atoms. The monoisotopic (exact) mass is 292 g/mol. The minimum atomic E-state index is 0.409. The molecule has 0 aliphatic carbocycles. The van der Waals surface area contributed by atoms with E-state index in [1.165, 1.54) is 0 Å². The van der Waals surface area contributed by atoms with Crippen LogP contribution in [0.3, 0.4) is 0 Å². The van der Waals surface area contributed by atoms with Gasteiger partial charge in [0.1, 0.15) is 11.0 Å². The molecule has 1 aromatic carbocycles. The summed E-state index contributed by atoms with van der Waals surface area (Å²) in [6.07, 6.45) is 0. The Labute approximate surface area is 120 Å². The van der Waals surface area contributed by atoms with Gasteiger partial charge in [-0.1, -0.05) is 23.2 Å². The lowest BCUT2D eigenvalue weighted by Gasteiger charge is -2.05. The normalized spacial score (nSPS) is 11.2. The minimum absolute atomic E-state index is 0.409. The number of nitrogens with zero attached hydrogens (tertiary/aromatic N) is 4. The lowest BCUT2D eigenvalue weighted by Crippen LogP contribution is -1.98. The molecule has 0 aliphatic heterocycles. The lowest BCUT2D eigenvalue weighted by molar-refractivity contribution is 0.988. The fraction of sp³-hybridized carbons (Fsp3) is 0.154. The van der Waals surface area contributed by atoms with Gasteiger partial charge in [0.2, 0.25) is 0 Å². The van der Waals surface area contributed by atoms with Crippen molar-refractivity contribution < 1.29 is 0 Å². The third-order valence-electron chi connectivity index (χ3n) is 2.83. The Morgan fingerprint density at radius 3 is 2.53 bits per heavy atom. The Balaban J connectivity index is 2.31. The van der Waals surface area contributed by atoms with Crippen LogP contribution in [0.25, 0.3) is 17.0 Å². The van der Waals surface area contributed by atoms with Crippen molar-refractivity contribution in [2.24, 2.45) is 0 Å². The molecule has 96 valence electrons. The molecule has 0 saturated carbocycles. The van der Waals surface area contributed by atoms with E-state index in [0.29, 0.717) is 21.6 Å². The zero-order valence-corrected chi connectivity index (χ0v) is 11.9. The van der Waals surface area contributed by atoms with Crippen LogP contribution in [0.2, 0.25) is 10.2 Å². The highest BCUT2D eigenvalue weighted by atomic mass is 35.5. The molecule has 6 heteroatoms. The zero-order valence-electron chi connectivity index (χ0n) is 10.4. The summed E-state index contributed by atoms with van der Waals surface area (Å²) in [4.78, 5) is 4.22. The third kappa shape index (κ3) is 2.17. The van der Waals surface area contributed by atoms with Gasteiger partial charge in [-0.2, -0.15) is 0 Å². The molecule has 19 heavy (non-hydrogen) atoms. The first-order chi connectivity index (χ1) is 9.04. The standard InChI is InChI=1S/C13H10Cl2N4/c1-7-3-9(5-10(14)4-7)13-18-17-12-6-11(15)16-8(2)19(12)13/h3-6H,1-2H3. The summed E-state index contributed by atoms with van der Waals surface area (Å²) in [7, 11) is 0. The van der Waals surface area contributed by atoms with Gasteiger partial charge in [-0.15, -0.1) is 10.2 Å². The molecular weight excluding hydrogens is 283 g/mol. The van der Waals surface area contributed by atoms with Gasteiger partial charge in [0, 0.05) is 16.7 Å². The quantitative estimate of drug-likeness (QED) is 0.642. The van der Waals surface area contributed by atoms with Gasteiger partial charge in [-0.05, 0) is 37.6 Å². The summed E-state index contributed by atoms with van der Waals surface area (Å²) >= 11 is 12.0. The van der Waals surface area contributed by atoms with Crippen LogP contribution in [-0.4, -0.2) is 19.6 Å². The molecule has 3 rings (SSSR count). The van der Waals surface area contributed by atoms with Crippen molar-refractivity contribution in [3.05, 3.63) is 45.8 Å². The topological polar surface area (TPSA) is 43.1 Å². The van der Waals surface area contributed by atoms with E-state index >= 15 is 0 Å². The average Bonchev–Trinajstić information content (AvgIpc) is 2.71. The summed E-state index contributed by atoms with van der Waals surface area (Å²) in [5, 5.41) is 9.41. The molecule has 0 N–H and O–H groups in total.